The van der Waals surface area contributed by atoms with Gasteiger partial charge in [-0.2, -0.15) is 5.10 Å². The SMILES string of the molecule is CC(C)n1nc(C2=CCCCC2)c(=O)n(Cc2ccccc2)c1=S. The summed E-state index contributed by atoms with van der Waals surface area (Å²) in [5.41, 5.74) is 2.62. The number of aromatic nitrogens is 3. The summed E-state index contributed by atoms with van der Waals surface area (Å²) in [5.74, 6) is 0. The van der Waals surface area contributed by atoms with E-state index in [1.165, 1.54) is 6.42 Å². The van der Waals surface area contributed by atoms with Crippen LogP contribution in [0.25, 0.3) is 5.57 Å². The van der Waals surface area contributed by atoms with Gasteiger partial charge in [0.1, 0.15) is 0 Å². The summed E-state index contributed by atoms with van der Waals surface area (Å²) < 4.78 is 3.96. The van der Waals surface area contributed by atoms with Crippen LogP contribution in [-0.2, 0) is 6.54 Å². The summed E-state index contributed by atoms with van der Waals surface area (Å²) >= 11 is 5.56. The first-order valence-corrected chi connectivity index (χ1v) is 8.95. The smallest absolute Gasteiger partial charge is 0.278 e. The van der Waals surface area contributed by atoms with Gasteiger partial charge in [0.15, 0.2) is 10.5 Å². The molecule has 1 aliphatic carbocycles. The van der Waals surface area contributed by atoms with Crippen LogP contribution in [0.4, 0.5) is 0 Å². The average molecular weight is 341 g/mol. The molecule has 0 N–H and O–H groups in total. The van der Waals surface area contributed by atoms with Crippen LogP contribution in [0.5, 0.6) is 0 Å². The highest BCUT2D eigenvalue weighted by atomic mass is 32.1. The Labute approximate surface area is 147 Å². The van der Waals surface area contributed by atoms with Gasteiger partial charge in [0.05, 0.1) is 6.54 Å². The highest BCUT2D eigenvalue weighted by Gasteiger charge is 2.17. The summed E-state index contributed by atoms with van der Waals surface area (Å²) in [5, 5.41) is 4.61. The van der Waals surface area contributed by atoms with E-state index >= 15 is 0 Å². The molecule has 0 atom stereocenters. The van der Waals surface area contributed by atoms with E-state index in [0.29, 0.717) is 17.0 Å². The summed E-state index contributed by atoms with van der Waals surface area (Å²) in [7, 11) is 0. The van der Waals surface area contributed by atoms with Crippen molar-refractivity contribution >= 4 is 17.8 Å². The molecule has 24 heavy (non-hydrogen) atoms. The molecule has 2 aromatic rings. The molecule has 5 heteroatoms. The summed E-state index contributed by atoms with van der Waals surface area (Å²) in [6.07, 6.45) is 6.40. The van der Waals surface area contributed by atoms with Gasteiger partial charge in [0.2, 0.25) is 0 Å². The predicted molar refractivity (Wildman–Crippen MR) is 99.7 cm³/mol. The number of hydrogen-bond donors (Lipinski definition) is 0. The van der Waals surface area contributed by atoms with Crippen LogP contribution in [0.1, 0.15) is 56.8 Å². The largest absolute Gasteiger partial charge is 0.281 e. The topological polar surface area (TPSA) is 39.8 Å². The molecule has 0 bridgehead atoms. The Morgan fingerprint density at radius 2 is 1.96 bits per heavy atom. The zero-order chi connectivity index (χ0) is 17.1. The van der Waals surface area contributed by atoms with Gasteiger partial charge in [0, 0.05) is 6.04 Å². The Hall–Kier alpha value is -2.01. The van der Waals surface area contributed by atoms with Crippen LogP contribution in [0.2, 0.25) is 0 Å². The molecule has 1 aromatic heterocycles. The molecule has 0 radical (unpaired) electrons. The first-order valence-electron chi connectivity index (χ1n) is 8.55. The zero-order valence-corrected chi connectivity index (χ0v) is 15.1. The first-order chi connectivity index (χ1) is 11.6. The third kappa shape index (κ3) is 3.41. The van der Waals surface area contributed by atoms with Crippen molar-refractivity contribution in [3.63, 3.8) is 0 Å². The summed E-state index contributed by atoms with van der Waals surface area (Å²) in [4.78, 5) is 13.0. The van der Waals surface area contributed by atoms with E-state index in [-0.39, 0.29) is 11.6 Å². The number of rotatable bonds is 4. The molecule has 0 amide bonds. The van der Waals surface area contributed by atoms with E-state index in [4.69, 9.17) is 12.2 Å². The predicted octanol–water partition coefficient (Wildman–Crippen LogP) is 4.36. The molecule has 0 fully saturated rings. The molecule has 1 aromatic carbocycles. The fraction of sp³-hybridized carbons (Fsp3) is 0.421. The van der Waals surface area contributed by atoms with Gasteiger partial charge in [-0.3, -0.25) is 9.36 Å². The Morgan fingerprint density at radius 3 is 2.58 bits per heavy atom. The molecule has 126 valence electrons. The second kappa shape index (κ2) is 7.26. The van der Waals surface area contributed by atoms with Crippen molar-refractivity contribution in [1.82, 2.24) is 14.3 Å². The summed E-state index contributed by atoms with van der Waals surface area (Å²) in [6.45, 7) is 4.56. The van der Waals surface area contributed by atoms with E-state index in [2.05, 4.69) is 11.2 Å². The van der Waals surface area contributed by atoms with Crippen molar-refractivity contribution in [2.45, 2.75) is 52.1 Å². The van der Waals surface area contributed by atoms with Gasteiger partial charge < -0.3 is 0 Å². The highest BCUT2D eigenvalue weighted by molar-refractivity contribution is 7.71. The second-order valence-electron chi connectivity index (χ2n) is 6.52. The maximum atomic E-state index is 13.0. The first kappa shape index (κ1) is 16.8. The van der Waals surface area contributed by atoms with Crippen molar-refractivity contribution in [2.75, 3.05) is 0 Å². The normalized spacial score (nSPS) is 14.7. The zero-order valence-electron chi connectivity index (χ0n) is 14.2. The van der Waals surface area contributed by atoms with Crippen LogP contribution in [0, 0.1) is 4.77 Å². The van der Waals surface area contributed by atoms with Gasteiger partial charge in [-0.05, 0) is 62.9 Å². The van der Waals surface area contributed by atoms with E-state index in [1.54, 1.807) is 9.25 Å². The molecule has 1 aliphatic rings. The van der Waals surface area contributed by atoms with Crippen molar-refractivity contribution in [3.05, 3.63) is 62.8 Å². The number of benzene rings is 1. The third-order valence-corrected chi connectivity index (χ3v) is 4.76. The van der Waals surface area contributed by atoms with E-state index in [9.17, 15) is 4.79 Å². The maximum absolute atomic E-state index is 13.0. The number of nitrogens with zero attached hydrogens (tertiary/aromatic N) is 3. The molecule has 0 saturated carbocycles. The minimum Gasteiger partial charge on any atom is -0.278 e. The fourth-order valence-corrected chi connectivity index (χ4v) is 3.43. The van der Waals surface area contributed by atoms with Crippen LogP contribution in [-0.4, -0.2) is 14.3 Å². The van der Waals surface area contributed by atoms with Gasteiger partial charge >= 0.3 is 0 Å². The molecule has 0 aliphatic heterocycles. The fourth-order valence-electron chi connectivity index (χ4n) is 3.03. The molecule has 0 saturated heterocycles. The third-order valence-electron chi connectivity index (χ3n) is 4.35. The number of hydrogen-bond acceptors (Lipinski definition) is 3. The minimum absolute atomic E-state index is 0.0751. The van der Waals surface area contributed by atoms with Crippen LogP contribution >= 0.6 is 12.2 Å². The standard InChI is InChI=1S/C19H23N3OS/c1-14(2)22-19(24)21(13-15-9-5-3-6-10-15)18(23)17(20-22)16-11-7-4-8-12-16/h3,5-6,9-11,14H,4,7-8,12-13H2,1-2H3. The Bertz CT molecular complexity index is 862. The van der Waals surface area contributed by atoms with Gasteiger partial charge in [0.25, 0.3) is 5.56 Å². The molecule has 3 rings (SSSR count). The lowest BCUT2D eigenvalue weighted by Crippen LogP contribution is -2.31. The van der Waals surface area contributed by atoms with Crippen molar-refractivity contribution in [3.8, 4) is 0 Å². The minimum atomic E-state index is -0.0751. The van der Waals surface area contributed by atoms with Gasteiger partial charge in [-0.25, -0.2) is 4.68 Å². The lowest BCUT2D eigenvalue weighted by atomic mass is 9.97. The van der Waals surface area contributed by atoms with Crippen molar-refractivity contribution < 1.29 is 0 Å². The Balaban J connectivity index is 2.16. The van der Waals surface area contributed by atoms with Crippen molar-refractivity contribution in [2.24, 2.45) is 0 Å². The number of allylic oxidation sites excluding steroid dienone is 2. The Kier molecular flexibility index (Phi) is 5.09. The molecule has 0 unspecified atom stereocenters. The molecular weight excluding hydrogens is 318 g/mol. The Morgan fingerprint density at radius 1 is 1.21 bits per heavy atom. The van der Waals surface area contributed by atoms with E-state index < -0.39 is 0 Å². The van der Waals surface area contributed by atoms with E-state index in [0.717, 1.165) is 30.4 Å². The quantitative estimate of drug-likeness (QED) is 0.776. The molecular formula is C19H23N3OS. The van der Waals surface area contributed by atoms with Crippen molar-refractivity contribution in [1.29, 1.82) is 0 Å². The van der Waals surface area contributed by atoms with E-state index in [1.807, 2.05) is 44.2 Å². The van der Waals surface area contributed by atoms with Crippen LogP contribution < -0.4 is 5.56 Å². The average Bonchev–Trinajstić information content (AvgIpc) is 2.60. The lowest BCUT2D eigenvalue weighted by Gasteiger charge is -2.18. The maximum Gasteiger partial charge on any atom is 0.281 e. The lowest BCUT2D eigenvalue weighted by molar-refractivity contribution is 0.466. The van der Waals surface area contributed by atoms with Crippen LogP contribution in [0.3, 0.4) is 0 Å². The van der Waals surface area contributed by atoms with Crippen LogP contribution in [0.15, 0.2) is 41.2 Å². The van der Waals surface area contributed by atoms with Gasteiger partial charge in [-0.1, -0.05) is 36.4 Å². The second-order valence-corrected chi connectivity index (χ2v) is 6.89. The monoisotopic (exact) mass is 341 g/mol. The molecule has 4 nitrogen and oxygen atoms in total. The molecule has 0 spiro atoms. The molecule has 1 heterocycles. The van der Waals surface area contributed by atoms with Gasteiger partial charge in [-0.15, -0.1) is 0 Å². The highest BCUT2D eigenvalue weighted by Crippen LogP contribution is 2.23. The summed E-state index contributed by atoms with van der Waals surface area (Å²) in [6, 6.07) is 10.1.